The SMILES string of the molecule is CC1=C(S(=O)(=O)Cl)C(C)ON1Cl. The van der Waals surface area contributed by atoms with E-state index in [1.54, 1.807) is 6.92 Å². The maximum atomic E-state index is 10.9. The fourth-order valence-electron chi connectivity index (χ4n) is 1.02. The Bertz CT molecular complexity index is 324. The van der Waals surface area contributed by atoms with Crippen molar-refractivity contribution in [3.8, 4) is 0 Å². The van der Waals surface area contributed by atoms with Crippen molar-refractivity contribution >= 4 is 31.5 Å². The number of hydrogen-bond donors (Lipinski definition) is 0. The summed E-state index contributed by atoms with van der Waals surface area (Å²) in [5.74, 6) is 0. The topological polar surface area (TPSA) is 46.6 Å². The summed E-state index contributed by atoms with van der Waals surface area (Å²) in [6.45, 7) is 3.08. The van der Waals surface area contributed by atoms with Gasteiger partial charge in [-0.05, 0) is 13.8 Å². The van der Waals surface area contributed by atoms with E-state index in [0.29, 0.717) is 5.70 Å². The Morgan fingerprint density at radius 1 is 1.58 bits per heavy atom. The van der Waals surface area contributed by atoms with Gasteiger partial charge in [-0.25, -0.2) is 13.3 Å². The number of allylic oxidation sites excluding steroid dienone is 1. The third-order valence-electron chi connectivity index (χ3n) is 1.50. The number of halogens is 2. The first-order valence-corrected chi connectivity index (χ1v) is 5.77. The zero-order valence-corrected chi connectivity index (χ0v) is 8.74. The quantitative estimate of drug-likeness (QED) is 0.508. The Morgan fingerprint density at radius 3 is 2.25 bits per heavy atom. The molecule has 1 unspecified atom stereocenters. The second-order valence-corrected chi connectivity index (χ2v) is 5.22. The predicted molar refractivity (Wildman–Crippen MR) is 45.7 cm³/mol. The van der Waals surface area contributed by atoms with Gasteiger partial charge < -0.3 is 0 Å². The summed E-state index contributed by atoms with van der Waals surface area (Å²) in [7, 11) is 1.41. The molecular formula is C5H7Cl2NO3S. The molecule has 0 radical (unpaired) electrons. The van der Waals surface area contributed by atoms with Gasteiger partial charge in [0.15, 0.2) is 0 Å². The van der Waals surface area contributed by atoms with Crippen molar-refractivity contribution in [2.75, 3.05) is 0 Å². The van der Waals surface area contributed by atoms with Crippen LogP contribution in [0.15, 0.2) is 10.6 Å². The number of hydrogen-bond acceptors (Lipinski definition) is 4. The monoisotopic (exact) mass is 231 g/mol. The molecular weight excluding hydrogens is 225 g/mol. The van der Waals surface area contributed by atoms with Crippen LogP contribution < -0.4 is 0 Å². The zero-order chi connectivity index (χ0) is 9.52. The Kier molecular flexibility index (Phi) is 2.58. The lowest BCUT2D eigenvalue weighted by molar-refractivity contribution is -0.0604. The number of rotatable bonds is 1. The highest BCUT2D eigenvalue weighted by Crippen LogP contribution is 2.32. The van der Waals surface area contributed by atoms with Gasteiger partial charge in [0.1, 0.15) is 11.0 Å². The van der Waals surface area contributed by atoms with E-state index in [1.807, 2.05) is 0 Å². The maximum Gasteiger partial charge on any atom is 0.262 e. The second-order valence-electron chi connectivity index (χ2n) is 2.38. The van der Waals surface area contributed by atoms with Crippen LogP contribution in [0.2, 0.25) is 0 Å². The van der Waals surface area contributed by atoms with Crippen molar-refractivity contribution < 1.29 is 13.3 Å². The summed E-state index contributed by atoms with van der Waals surface area (Å²) in [4.78, 5) is 4.89. The van der Waals surface area contributed by atoms with Gasteiger partial charge >= 0.3 is 0 Å². The fourth-order valence-corrected chi connectivity index (χ4v) is 2.87. The van der Waals surface area contributed by atoms with Crippen molar-refractivity contribution in [1.82, 2.24) is 4.58 Å². The summed E-state index contributed by atoms with van der Waals surface area (Å²) in [6, 6.07) is 0. The highest BCUT2D eigenvalue weighted by molar-refractivity contribution is 8.16. The molecule has 0 bridgehead atoms. The largest absolute Gasteiger partial charge is 0.262 e. The first-order valence-electron chi connectivity index (χ1n) is 3.12. The predicted octanol–water partition coefficient (Wildman–Crippen LogP) is 1.58. The number of nitrogens with zero attached hydrogens (tertiary/aromatic N) is 1. The standard InChI is InChI=1S/C5H7Cl2NO3S/c1-3-5(12(7,9)10)4(2)11-8(3)6/h4H,1-2H3. The lowest BCUT2D eigenvalue weighted by Gasteiger charge is -2.07. The first kappa shape index (κ1) is 10.1. The summed E-state index contributed by atoms with van der Waals surface area (Å²) in [5, 5.41) is 0. The van der Waals surface area contributed by atoms with Gasteiger partial charge in [-0.2, -0.15) is 4.58 Å². The van der Waals surface area contributed by atoms with Gasteiger partial charge in [0.2, 0.25) is 0 Å². The minimum Gasteiger partial charge on any atom is -0.249 e. The van der Waals surface area contributed by atoms with Gasteiger partial charge in [0.05, 0.1) is 5.70 Å². The Morgan fingerprint density at radius 2 is 2.08 bits per heavy atom. The minimum atomic E-state index is -3.73. The van der Waals surface area contributed by atoms with Gasteiger partial charge in [0.25, 0.3) is 9.05 Å². The highest BCUT2D eigenvalue weighted by Gasteiger charge is 2.34. The molecule has 0 spiro atoms. The van der Waals surface area contributed by atoms with Crippen molar-refractivity contribution in [1.29, 1.82) is 0 Å². The van der Waals surface area contributed by atoms with Crippen LogP contribution in [0.4, 0.5) is 0 Å². The van der Waals surface area contributed by atoms with E-state index in [2.05, 4.69) is 0 Å². The molecule has 1 rings (SSSR count). The normalized spacial score (nSPS) is 25.3. The lowest BCUT2D eigenvalue weighted by Crippen LogP contribution is -2.10. The van der Waals surface area contributed by atoms with E-state index in [0.717, 1.165) is 4.58 Å². The lowest BCUT2D eigenvalue weighted by atomic mass is 10.3. The first-order chi connectivity index (χ1) is 5.34. The van der Waals surface area contributed by atoms with Crippen molar-refractivity contribution in [2.45, 2.75) is 20.0 Å². The molecule has 1 aliphatic rings. The van der Waals surface area contributed by atoms with Crippen molar-refractivity contribution in [2.24, 2.45) is 0 Å². The summed E-state index contributed by atoms with van der Waals surface area (Å²) >= 11 is 5.49. The van der Waals surface area contributed by atoms with Gasteiger partial charge in [-0.3, -0.25) is 0 Å². The van der Waals surface area contributed by atoms with Crippen molar-refractivity contribution in [3.63, 3.8) is 0 Å². The Hall–Kier alpha value is 0.0300. The van der Waals surface area contributed by atoms with E-state index in [-0.39, 0.29) is 4.91 Å². The smallest absolute Gasteiger partial charge is 0.249 e. The molecule has 0 saturated carbocycles. The molecule has 0 amide bonds. The van der Waals surface area contributed by atoms with Crippen LogP contribution in [-0.4, -0.2) is 19.1 Å². The minimum absolute atomic E-state index is 0.0131. The van der Waals surface area contributed by atoms with Crippen LogP contribution >= 0.6 is 22.5 Å². The average molecular weight is 232 g/mol. The number of hydroxylamine groups is 1. The third-order valence-corrected chi connectivity index (χ3v) is 3.49. The summed E-state index contributed by atoms with van der Waals surface area (Å²) in [5.41, 5.74) is 0.305. The van der Waals surface area contributed by atoms with Gasteiger partial charge in [-0.1, -0.05) is 0 Å². The van der Waals surface area contributed by atoms with Gasteiger partial charge in [0, 0.05) is 22.5 Å². The van der Waals surface area contributed by atoms with E-state index in [1.165, 1.54) is 6.92 Å². The molecule has 0 aromatic carbocycles. The maximum absolute atomic E-state index is 10.9. The second kappa shape index (κ2) is 3.06. The van der Waals surface area contributed by atoms with Crippen LogP contribution in [0.3, 0.4) is 0 Å². The Labute approximate surface area is 80.2 Å². The summed E-state index contributed by atoms with van der Waals surface area (Å²) in [6.07, 6.45) is -0.620. The third kappa shape index (κ3) is 1.69. The molecule has 1 atom stereocenters. The van der Waals surface area contributed by atoms with Crippen LogP contribution in [0.5, 0.6) is 0 Å². The molecule has 1 heterocycles. The van der Waals surface area contributed by atoms with Crippen molar-refractivity contribution in [3.05, 3.63) is 10.6 Å². The molecule has 4 nitrogen and oxygen atoms in total. The zero-order valence-electron chi connectivity index (χ0n) is 6.41. The van der Waals surface area contributed by atoms with E-state index >= 15 is 0 Å². The Balaban J connectivity index is 3.19. The molecule has 1 aliphatic heterocycles. The van der Waals surface area contributed by atoms with Crippen LogP contribution in [0.1, 0.15) is 13.8 Å². The molecule has 70 valence electrons. The molecule has 0 aromatic rings. The molecule has 0 aliphatic carbocycles. The molecule has 12 heavy (non-hydrogen) atoms. The van der Waals surface area contributed by atoms with Crippen LogP contribution in [0.25, 0.3) is 0 Å². The van der Waals surface area contributed by atoms with Crippen LogP contribution in [-0.2, 0) is 13.9 Å². The molecule has 0 fully saturated rings. The molecule has 0 N–H and O–H groups in total. The average Bonchev–Trinajstić information content (AvgIpc) is 2.05. The molecule has 0 aromatic heterocycles. The van der Waals surface area contributed by atoms with E-state index < -0.39 is 15.2 Å². The van der Waals surface area contributed by atoms with E-state index in [9.17, 15) is 8.42 Å². The van der Waals surface area contributed by atoms with E-state index in [4.69, 9.17) is 27.3 Å². The van der Waals surface area contributed by atoms with Gasteiger partial charge in [-0.15, -0.1) is 0 Å². The highest BCUT2D eigenvalue weighted by atomic mass is 35.7. The molecule has 0 saturated heterocycles. The fraction of sp³-hybridized carbons (Fsp3) is 0.600. The van der Waals surface area contributed by atoms with Crippen LogP contribution in [0, 0.1) is 0 Å². The summed E-state index contributed by atoms with van der Waals surface area (Å²) < 4.78 is 22.8. The molecule has 7 heteroatoms.